The Morgan fingerprint density at radius 2 is 2.17 bits per heavy atom. The summed E-state index contributed by atoms with van der Waals surface area (Å²) in [6.07, 6.45) is 2.93. The van der Waals surface area contributed by atoms with Crippen molar-refractivity contribution in [2.45, 2.75) is 30.9 Å². The number of nitrogens with zero attached hydrogens (tertiary/aromatic N) is 1. The maximum atomic E-state index is 9.49. The summed E-state index contributed by atoms with van der Waals surface area (Å²) in [5.74, 6) is 0.297. The van der Waals surface area contributed by atoms with Gasteiger partial charge in [-0.3, -0.25) is 4.90 Å². The molecule has 1 heterocycles. The number of likely N-dealkylation sites (tertiary alicyclic amines) is 1. The molecule has 12 heavy (non-hydrogen) atoms. The van der Waals surface area contributed by atoms with Crippen LogP contribution in [0.2, 0.25) is 0 Å². The molecule has 3 heteroatoms. The number of piperidine rings is 1. The molecule has 2 rings (SSSR count). The highest BCUT2D eigenvalue weighted by molar-refractivity contribution is 5.10. The van der Waals surface area contributed by atoms with Crippen molar-refractivity contribution in [3.05, 3.63) is 0 Å². The number of aliphatic hydroxyl groups excluding tert-OH is 2. The van der Waals surface area contributed by atoms with Crippen LogP contribution in [0, 0.1) is 5.92 Å². The lowest BCUT2D eigenvalue weighted by molar-refractivity contribution is -0.0191. The number of rotatable bonds is 1. The van der Waals surface area contributed by atoms with Crippen molar-refractivity contribution in [1.29, 1.82) is 0 Å². The summed E-state index contributed by atoms with van der Waals surface area (Å²) in [4.78, 5) is 2.22. The van der Waals surface area contributed by atoms with Crippen molar-refractivity contribution in [3.63, 3.8) is 0 Å². The molecule has 0 amide bonds. The average Bonchev–Trinajstić information content (AvgIpc) is 2.78. The smallest absolute Gasteiger partial charge is 0.0671 e. The minimum absolute atomic E-state index is 0.224. The normalized spacial score (nSPS) is 40.2. The zero-order valence-corrected chi connectivity index (χ0v) is 7.53. The van der Waals surface area contributed by atoms with Gasteiger partial charge in [0.25, 0.3) is 0 Å². The van der Waals surface area contributed by atoms with Gasteiger partial charge in [-0.2, -0.15) is 0 Å². The molecule has 1 aliphatic heterocycles. The van der Waals surface area contributed by atoms with Crippen molar-refractivity contribution < 1.29 is 10.2 Å². The summed E-state index contributed by atoms with van der Waals surface area (Å²) in [5, 5.41) is 18.7. The standard InChI is InChI=1S/C9H17NO2/c1-10-5-8(12)4-7(6-11)9(10)2-3-9/h7-8,11-12H,2-6H2,1H3. The molecule has 1 aliphatic carbocycles. The first kappa shape index (κ1) is 8.48. The van der Waals surface area contributed by atoms with Gasteiger partial charge < -0.3 is 10.2 Å². The fourth-order valence-corrected chi connectivity index (χ4v) is 2.59. The van der Waals surface area contributed by atoms with Crippen molar-refractivity contribution in [2.75, 3.05) is 20.2 Å². The monoisotopic (exact) mass is 171 g/mol. The molecule has 0 aromatic rings. The van der Waals surface area contributed by atoms with Crippen LogP contribution in [0.25, 0.3) is 0 Å². The van der Waals surface area contributed by atoms with Crippen LogP contribution in [0.4, 0.5) is 0 Å². The molecule has 2 atom stereocenters. The molecule has 0 aromatic carbocycles. The van der Waals surface area contributed by atoms with E-state index in [0.29, 0.717) is 5.92 Å². The van der Waals surface area contributed by atoms with E-state index in [-0.39, 0.29) is 18.2 Å². The van der Waals surface area contributed by atoms with E-state index in [2.05, 4.69) is 11.9 Å². The third kappa shape index (κ3) is 1.08. The minimum atomic E-state index is -0.238. The van der Waals surface area contributed by atoms with E-state index in [4.69, 9.17) is 5.11 Å². The van der Waals surface area contributed by atoms with Gasteiger partial charge in [0.05, 0.1) is 6.10 Å². The number of β-amino-alcohol motifs (C(OH)–C–C–N with tert-alkyl or cyclic N) is 1. The Bertz CT molecular complexity index is 179. The van der Waals surface area contributed by atoms with Gasteiger partial charge in [-0.05, 0) is 26.3 Å². The molecule has 1 saturated heterocycles. The highest BCUT2D eigenvalue weighted by Crippen LogP contribution is 2.50. The molecule has 2 fully saturated rings. The van der Waals surface area contributed by atoms with Crippen molar-refractivity contribution in [2.24, 2.45) is 5.92 Å². The lowest BCUT2D eigenvalue weighted by Crippen LogP contribution is -2.51. The zero-order chi connectivity index (χ0) is 8.77. The fraction of sp³-hybridized carbons (Fsp3) is 1.00. The van der Waals surface area contributed by atoms with Crippen LogP contribution < -0.4 is 0 Å². The summed E-state index contributed by atoms with van der Waals surface area (Å²) in [6.45, 7) is 0.998. The van der Waals surface area contributed by atoms with Gasteiger partial charge >= 0.3 is 0 Å². The number of hydrogen-bond acceptors (Lipinski definition) is 3. The first-order valence-corrected chi connectivity index (χ1v) is 4.69. The molecule has 2 N–H and O–H groups in total. The van der Waals surface area contributed by atoms with Gasteiger partial charge in [0.2, 0.25) is 0 Å². The predicted molar refractivity (Wildman–Crippen MR) is 45.8 cm³/mol. The Balaban J connectivity index is 2.10. The summed E-state index contributed by atoms with van der Waals surface area (Å²) in [5.41, 5.74) is 0.258. The average molecular weight is 171 g/mol. The summed E-state index contributed by atoms with van der Waals surface area (Å²) in [6, 6.07) is 0. The molecule has 1 spiro atoms. The van der Waals surface area contributed by atoms with Crippen LogP contribution in [0.15, 0.2) is 0 Å². The van der Waals surface area contributed by atoms with Crippen LogP contribution in [0.5, 0.6) is 0 Å². The van der Waals surface area contributed by atoms with E-state index in [0.717, 1.165) is 13.0 Å². The number of aliphatic hydroxyl groups is 2. The molecule has 70 valence electrons. The molecule has 3 nitrogen and oxygen atoms in total. The van der Waals surface area contributed by atoms with E-state index < -0.39 is 0 Å². The summed E-state index contributed by atoms with van der Waals surface area (Å²) >= 11 is 0. The second-order valence-corrected chi connectivity index (χ2v) is 4.25. The maximum Gasteiger partial charge on any atom is 0.0671 e. The maximum absolute atomic E-state index is 9.49. The lowest BCUT2D eigenvalue weighted by atomic mass is 9.86. The molecule has 0 aromatic heterocycles. The summed E-state index contributed by atoms with van der Waals surface area (Å²) in [7, 11) is 2.05. The molecule has 1 saturated carbocycles. The van der Waals surface area contributed by atoms with Crippen molar-refractivity contribution in [3.8, 4) is 0 Å². The highest BCUT2D eigenvalue weighted by atomic mass is 16.3. The van der Waals surface area contributed by atoms with Gasteiger partial charge in [0.1, 0.15) is 0 Å². The third-order valence-corrected chi connectivity index (χ3v) is 3.54. The first-order valence-electron chi connectivity index (χ1n) is 4.69. The molecule has 2 unspecified atom stereocenters. The van der Waals surface area contributed by atoms with Crippen LogP contribution in [-0.4, -0.2) is 47.0 Å². The van der Waals surface area contributed by atoms with Crippen molar-refractivity contribution >= 4 is 0 Å². The van der Waals surface area contributed by atoms with Gasteiger partial charge in [0, 0.05) is 24.6 Å². The highest BCUT2D eigenvalue weighted by Gasteiger charge is 2.54. The van der Waals surface area contributed by atoms with E-state index in [9.17, 15) is 5.11 Å². The van der Waals surface area contributed by atoms with E-state index in [1.807, 2.05) is 0 Å². The van der Waals surface area contributed by atoms with Crippen molar-refractivity contribution in [1.82, 2.24) is 4.90 Å². The lowest BCUT2D eigenvalue weighted by Gasteiger charge is -2.41. The predicted octanol–water partition coefficient (Wildman–Crippen LogP) is -0.176. The van der Waals surface area contributed by atoms with Gasteiger partial charge in [0.15, 0.2) is 0 Å². The van der Waals surface area contributed by atoms with Crippen LogP contribution >= 0.6 is 0 Å². The topological polar surface area (TPSA) is 43.7 Å². The van der Waals surface area contributed by atoms with E-state index in [1.54, 1.807) is 0 Å². The zero-order valence-electron chi connectivity index (χ0n) is 7.53. The summed E-state index contributed by atoms with van der Waals surface area (Å²) < 4.78 is 0. The minimum Gasteiger partial charge on any atom is -0.396 e. The van der Waals surface area contributed by atoms with E-state index in [1.165, 1.54) is 12.8 Å². The molecular weight excluding hydrogens is 154 g/mol. The molecular formula is C9H17NO2. The Morgan fingerprint density at radius 1 is 1.50 bits per heavy atom. The molecule has 0 radical (unpaired) electrons. The second-order valence-electron chi connectivity index (χ2n) is 4.25. The largest absolute Gasteiger partial charge is 0.396 e. The SMILES string of the molecule is CN1CC(O)CC(CO)C12CC2. The van der Waals surface area contributed by atoms with Gasteiger partial charge in [-0.15, -0.1) is 0 Å². The van der Waals surface area contributed by atoms with Gasteiger partial charge in [-0.25, -0.2) is 0 Å². The number of hydrogen-bond donors (Lipinski definition) is 2. The number of likely N-dealkylation sites (N-methyl/N-ethyl adjacent to an activating group) is 1. The van der Waals surface area contributed by atoms with Crippen LogP contribution in [-0.2, 0) is 0 Å². The molecule has 0 bridgehead atoms. The van der Waals surface area contributed by atoms with Crippen LogP contribution in [0.3, 0.4) is 0 Å². The Kier molecular flexibility index (Phi) is 1.90. The van der Waals surface area contributed by atoms with E-state index >= 15 is 0 Å². The Hall–Kier alpha value is -0.120. The van der Waals surface area contributed by atoms with Crippen LogP contribution in [0.1, 0.15) is 19.3 Å². The first-order chi connectivity index (χ1) is 5.69. The molecule has 2 aliphatic rings. The fourth-order valence-electron chi connectivity index (χ4n) is 2.59. The Morgan fingerprint density at radius 3 is 2.67 bits per heavy atom. The Labute approximate surface area is 73.0 Å². The quantitative estimate of drug-likeness (QED) is 0.575. The van der Waals surface area contributed by atoms with Gasteiger partial charge in [-0.1, -0.05) is 0 Å². The third-order valence-electron chi connectivity index (χ3n) is 3.54. The second kappa shape index (κ2) is 2.69.